The summed E-state index contributed by atoms with van der Waals surface area (Å²) < 4.78 is 26.9. The lowest BCUT2D eigenvalue weighted by atomic mass is 9.85. The Labute approximate surface area is 145 Å². The molecule has 3 rings (SSSR count). The number of carbonyl (C=O) groups is 2. The molecule has 138 valence electrons. The summed E-state index contributed by atoms with van der Waals surface area (Å²) in [6, 6.07) is 1.67. The van der Waals surface area contributed by atoms with E-state index in [0.717, 1.165) is 25.7 Å². The van der Waals surface area contributed by atoms with E-state index in [0.29, 0.717) is 18.5 Å². The van der Waals surface area contributed by atoms with E-state index in [2.05, 4.69) is 20.8 Å². The van der Waals surface area contributed by atoms with Crippen LogP contribution >= 0.6 is 0 Å². The van der Waals surface area contributed by atoms with Crippen LogP contribution in [0.1, 0.15) is 61.9 Å². The molecule has 0 aliphatic heterocycles. The molecule has 0 radical (unpaired) electrons. The quantitative estimate of drug-likeness (QED) is 0.776. The van der Waals surface area contributed by atoms with E-state index in [4.69, 9.17) is 0 Å². The van der Waals surface area contributed by atoms with Crippen LogP contribution < -0.4 is 10.6 Å². The maximum absolute atomic E-state index is 13.5. The fourth-order valence-electron chi connectivity index (χ4n) is 3.74. The maximum Gasteiger partial charge on any atom is 0.269 e. The van der Waals surface area contributed by atoms with Gasteiger partial charge in [0.05, 0.1) is 0 Å². The minimum absolute atomic E-state index is 0.00311. The second-order valence-electron chi connectivity index (χ2n) is 7.15. The molecule has 1 aromatic rings. The highest BCUT2D eigenvalue weighted by molar-refractivity contribution is 5.92. The monoisotopic (exact) mass is 354 g/mol. The zero-order valence-electron chi connectivity index (χ0n) is 14.1. The van der Waals surface area contributed by atoms with Gasteiger partial charge < -0.3 is 10.6 Å². The lowest BCUT2D eigenvalue weighted by molar-refractivity contribution is -0.133. The Hall–Kier alpha value is -1.99. The summed E-state index contributed by atoms with van der Waals surface area (Å²) in [4.78, 5) is 24.2. The number of alkyl halides is 2. The van der Waals surface area contributed by atoms with Gasteiger partial charge in [-0.1, -0.05) is 0 Å². The fraction of sp³-hybridized carbons (Fsp3) is 0.706. The third kappa shape index (κ3) is 4.76. The third-order valence-electron chi connectivity index (χ3n) is 5.17. The molecule has 6 nitrogen and oxygen atoms in total. The van der Waals surface area contributed by atoms with Crippen molar-refractivity contribution in [2.24, 2.45) is 5.92 Å². The van der Waals surface area contributed by atoms with Crippen molar-refractivity contribution in [3.8, 4) is 0 Å². The number of nitrogens with one attached hydrogen (secondary N) is 3. The summed E-state index contributed by atoms with van der Waals surface area (Å²) in [6.45, 7) is 0. The van der Waals surface area contributed by atoms with Crippen molar-refractivity contribution in [1.29, 1.82) is 0 Å². The van der Waals surface area contributed by atoms with Crippen LogP contribution in [-0.4, -0.2) is 40.0 Å². The number of H-pyrrole nitrogens is 1. The fourth-order valence-corrected chi connectivity index (χ4v) is 3.74. The van der Waals surface area contributed by atoms with Gasteiger partial charge >= 0.3 is 0 Å². The molecule has 2 amide bonds. The Kier molecular flexibility index (Phi) is 5.34. The molecule has 1 unspecified atom stereocenters. The highest BCUT2D eigenvalue weighted by Gasteiger charge is 2.39. The molecule has 25 heavy (non-hydrogen) atoms. The molecule has 1 aromatic heterocycles. The Bertz CT molecular complexity index is 598. The second-order valence-corrected chi connectivity index (χ2v) is 7.15. The SMILES string of the molecule is O=C(NC1CCC(NC(=O)C2CCCC(F)(F)C2)CC1)c1ccn[nH]1. The highest BCUT2D eigenvalue weighted by atomic mass is 19.3. The normalized spacial score (nSPS) is 29.0. The van der Waals surface area contributed by atoms with Crippen LogP contribution in [0.2, 0.25) is 0 Å². The van der Waals surface area contributed by atoms with Crippen LogP contribution in [0.5, 0.6) is 0 Å². The molecule has 1 heterocycles. The molecule has 2 aliphatic rings. The van der Waals surface area contributed by atoms with Gasteiger partial charge in [-0.3, -0.25) is 14.7 Å². The number of hydrogen-bond donors (Lipinski definition) is 3. The number of amides is 2. The molecule has 8 heteroatoms. The molecule has 2 fully saturated rings. The summed E-state index contributed by atoms with van der Waals surface area (Å²) in [5.74, 6) is -3.73. The number of aromatic nitrogens is 2. The first-order chi connectivity index (χ1) is 11.9. The minimum Gasteiger partial charge on any atom is -0.353 e. The molecule has 0 spiro atoms. The number of halogens is 2. The standard InChI is InChI=1S/C17H24F2N4O2/c18-17(19)8-1-2-11(10-17)15(24)21-12-3-5-13(6-4-12)22-16(25)14-7-9-20-23-14/h7,9,11-13H,1-6,8,10H2,(H,20,23)(H,21,24)(H,22,25). The number of nitrogens with zero attached hydrogens (tertiary/aromatic N) is 1. The van der Waals surface area contributed by atoms with Gasteiger partial charge in [0, 0.05) is 37.0 Å². The van der Waals surface area contributed by atoms with Crippen molar-refractivity contribution in [3.05, 3.63) is 18.0 Å². The molecule has 0 bridgehead atoms. The highest BCUT2D eigenvalue weighted by Crippen LogP contribution is 2.36. The van der Waals surface area contributed by atoms with Gasteiger partial charge in [-0.15, -0.1) is 0 Å². The maximum atomic E-state index is 13.5. The van der Waals surface area contributed by atoms with E-state index in [9.17, 15) is 18.4 Å². The van der Waals surface area contributed by atoms with Crippen molar-refractivity contribution < 1.29 is 18.4 Å². The van der Waals surface area contributed by atoms with Crippen molar-refractivity contribution in [2.45, 2.75) is 69.4 Å². The lowest BCUT2D eigenvalue weighted by Gasteiger charge is -2.32. The summed E-state index contributed by atoms with van der Waals surface area (Å²) in [5, 5.41) is 12.2. The van der Waals surface area contributed by atoms with Gasteiger partial charge in [0.1, 0.15) is 5.69 Å². The van der Waals surface area contributed by atoms with Crippen LogP contribution in [0.15, 0.2) is 12.3 Å². The van der Waals surface area contributed by atoms with Crippen molar-refractivity contribution >= 4 is 11.8 Å². The summed E-state index contributed by atoms with van der Waals surface area (Å²) in [6.07, 6.45) is 5.00. The molecule has 1 atom stereocenters. The van der Waals surface area contributed by atoms with E-state index in [-0.39, 0.29) is 36.7 Å². The zero-order valence-corrected chi connectivity index (χ0v) is 14.1. The lowest BCUT2D eigenvalue weighted by Crippen LogP contribution is -2.46. The Morgan fingerprint density at radius 3 is 2.40 bits per heavy atom. The van der Waals surface area contributed by atoms with E-state index in [1.54, 1.807) is 6.07 Å². The van der Waals surface area contributed by atoms with E-state index >= 15 is 0 Å². The molecule has 2 saturated carbocycles. The van der Waals surface area contributed by atoms with E-state index in [1.165, 1.54) is 6.20 Å². The number of rotatable bonds is 4. The smallest absolute Gasteiger partial charge is 0.269 e. The second kappa shape index (κ2) is 7.49. The minimum atomic E-state index is -2.71. The van der Waals surface area contributed by atoms with Gasteiger partial charge in [-0.2, -0.15) is 5.10 Å². The van der Waals surface area contributed by atoms with Gasteiger partial charge in [0.25, 0.3) is 5.91 Å². The number of carbonyl (C=O) groups excluding carboxylic acids is 2. The van der Waals surface area contributed by atoms with Crippen LogP contribution in [0.3, 0.4) is 0 Å². The van der Waals surface area contributed by atoms with Crippen LogP contribution in [-0.2, 0) is 4.79 Å². The van der Waals surface area contributed by atoms with Gasteiger partial charge in [0.15, 0.2) is 0 Å². The molecule has 0 saturated heterocycles. The average molecular weight is 354 g/mol. The summed E-state index contributed by atoms with van der Waals surface area (Å²) in [7, 11) is 0. The first kappa shape index (κ1) is 17.8. The predicted octanol–water partition coefficient (Wildman–Crippen LogP) is 2.39. The summed E-state index contributed by atoms with van der Waals surface area (Å²) >= 11 is 0. The van der Waals surface area contributed by atoms with Crippen molar-refractivity contribution in [3.63, 3.8) is 0 Å². The van der Waals surface area contributed by atoms with E-state index in [1.807, 2.05) is 0 Å². The van der Waals surface area contributed by atoms with Crippen molar-refractivity contribution in [1.82, 2.24) is 20.8 Å². The third-order valence-corrected chi connectivity index (χ3v) is 5.17. The first-order valence-corrected chi connectivity index (χ1v) is 8.91. The molecule has 2 aliphatic carbocycles. The van der Waals surface area contributed by atoms with Gasteiger partial charge in [-0.25, -0.2) is 8.78 Å². The Morgan fingerprint density at radius 1 is 1.12 bits per heavy atom. The topological polar surface area (TPSA) is 86.9 Å². The summed E-state index contributed by atoms with van der Waals surface area (Å²) in [5.41, 5.74) is 0.425. The first-order valence-electron chi connectivity index (χ1n) is 8.91. The van der Waals surface area contributed by atoms with Crippen LogP contribution in [0.25, 0.3) is 0 Å². The molecule has 3 N–H and O–H groups in total. The van der Waals surface area contributed by atoms with Crippen LogP contribution in [0, 0.1) is 5.92 Å². The average Bonchev–Trinajstić information content (AvgIpc) is 3.10. The van der Waals surface area contributed by atoms with E-state index < -0.39 is 11.8 Å². The van der Waals surface area contributed by atoms with Crippen LogP contribution in [0.4, 0.5) is 8.78 Å². The molecular weight excluding hydrogens is 330 g/mol. The Morgan fingerprint density at radius 2 is 1.80 bits per heavy atom. The largest absolute Gasteiger partial charge is 0.353 e. The van der Waals surface area contributed by atoms with Crippen molar-refractivity contribution in [2.75, 3.05) is 0 Å². The Balaban J connectivity index is 1.41. The van der Waals surface area contributed by atoms with Gasteiger partial charge in [0.2, 0.25) is 11.8 Å². The zero-order chi connectivity index (χ0) is 17.9. The molecule has 0 aromatic carbocycles. The van der Waals surface area contributed by atoms with Gasteiger partial charge in [-0.05, 0) is 44.6 Å². The number of aromatic amines is 1. The number of hydrogen-bond acceptors (Lipinski definition) is 3. The molecular formula is C17H24F2N4O2. The predicted molar refractivity (Wildman–Crippen MR) is 87.1 cm³/mol.